The summed E-state index contributed by atoms with van der Waals surface area (Å²) >= 11 is 0. The van der Waals surface area contributed by atoms with Gasteiger partial charge < -0.3 is 15.4 Å². The Kier molecular flexibility index (Phi) is 10.0. The van der Waals surface area contributed by atoms with E-state index >= 15 is 0 Å². The Labute approximate surface area is 220 Å². The average molecular weight is 525 g/mol. The van der Waals surface area contributed by atoms with E-state index in [1.165, 1.54) is 0 Å². The third-order valence-corrected chi connectivity index (χ3v) is 5.63. The standard InChI is InChI=1S/C29H31F3N4O2/c1-4-5-11-25(21-9-8-16-33-19-21)35-27(24-18-22(38-3)14-13-20(24)2)36-26-12-7-6-10-23(26)28(37)34-17-15-29(30,31)32/h6-14,16,18-19H,4-5,15,17H2,1-3H3,(H,34,37)(H,35,36)/b25-11+. The van der Waals surface area contributed by atoms with Crippen LogP contribution < -0.4 is 15.4 Å². The third-order valence-electron chi connectivity index (χ3n) is 5.63. The van der Waals surface area contributed by atoms with Gasteiger partial charge >= 0.3 is 6.18 Å². The van der Waals surface area contributed by atoms with Crippen molar-refractivity contribution in [1.29, 1.82) is 0 Å². The fraction of sp³-hybridized carbons (Fsp3) is 0.276. The highest BCUT2D eigenvalue weighted by atomic mass is 19.4. The lowest BCUT2D eigenvalue weighted by atomic mass is 10.1. The minimum atomic E-state index is -4.36. The van der Waals surface area contributed by atoms with Crippen LogP contribution in [-0.2, 0) is 0 Å². The Bertz CT molecular complexity index is 1290. The number of hydrogen-bond acceptors (Lipinski definition) is 4. The first-order chi connectivity index (χ1) is 18.2. The molecule has 2 aromatic carbocycles. The second kappa shape index (κ2) is 13.4. The first-order valence-electron chi connectivity index (χ1n) is 12.3. The van der Waals surface area contributed by atoms with E-state index in [-0.39, 0.29) is 5.56 Å². The van der Waals surface area contributed by atoms with Crippen molar-refractivity contribution in [3.8, 4) is 5.75 Å². The summed E-state index contributed by atoms with van der Waals surface area (Å²) in [7, 11) is 1.57. The lowest BCUT2D eigenvalue weighted by Crippen LogP contribution is -2.29. The van der Waals surface area contributed by atoms with Crippen LogP contribution in [0.1, 0.15) is 53.2 Å². The molecular formula is C29H31F3N4O2. The Morgan fingerprint density at radius 1 is 1.11 bits per heavy atom. The number of halogens is 3. The van der Waals surface area contributed by atoms with Crippen molar-refractivity contribution < 1.29 is 22.7 Å². The highest BCUT2D eigenvalue weighted by Gasteiger charge is 2.27. The molecule has 0 aliphatic heterocycles. The molecule has 0 fully saturated rings. The van der Waals surface area contributed by atoms with Crippen LogP contribution in [0.4, 0.5) is 18.9 Å². The summed E-state index contributed by atoms with van der Waals surface area (Å²) in [5.74, 6) is 0.454. The number of nitrogens with one attached hydrogen (secondary N) is 2. The third kappa shape index (κ3) is 8.19. The van der Waals surface area contributed by atoms with Crippen LogP contribution in [0.2, 0.25) is 0 Å². The molecule has 9 heteroatoms. The van der Waals surface area contributed by atoms with Gasteiger partial charge in [-0.15, -0.1) is 0 Å². The van der Waals surface area contributed by atoms with E-state index in [2.05, 4.69) is 22.5 Å². The Morgan fingerprint density at radius 3 is 2.58 bits per heavy atom. The zero-order chi connectivity index (χ0) is 27.5. The number of methoxy groups -OCH3 is 1. The fourth-order valence-corrected chi connectivity index (χ4v) is 3.61. The Balaban J connectivity index is 2.07. The second-order valence-corrected chi connectivity index (χ2v) is 8.55. The predicted octanol–water partition coefficient (Wildman–Crippen LogP) is 6.78. The number of rotatable bonds is 10. The van der Waals surface area contributed by atoms with Gasteiger partial charge in [-0.1, -0.05) is 37.6 Å². The molecule has 0 spiro atoms. The van der Waals surface area contributed by atoms with Gasteiger partial charge in [0.1, 0.15) is 11.6 Å². The molecule has 3 rings (SSSR count). The summed E-state index contributed by atoms with van der Waals surface area (Å²) < 4.78 is 43.2. The van der Waals surface area contributed by atoms with Crippen molar-refractivity contribution in [3.05, 3.63) is 95.3 Å². The van der Waals surface area contributed by atoms with Crippen molar-refractivity contribution in [2.45, 2.75) is 39.3 Å². The SMILES string of the molecule is CCC/C=C(/N=C(Nc1ccccc1C(=O)NCCC(F)(F)F)c1cc(OC)ccc1C)c1cccnc1. The number of alkyl halides is 3. The van der Waals surface area contributed by atoms with Crippen LogP contribution in [0, 0.1) is 6.92 Å². The lowest BCUT2D eigenvalue weighted by molar-refractivity contribution is -0.132. The maximum absolute atomic E-state index is 12.8. The largest absolute Gasteiger partial charge is 0.497 e. The van der Waals surface area contributed by atoms with Crippen LogP contribution in [0.3, 0.4) is 0 Å². The van der Waals surface area contributed by atoms with Gasteiger partial charge in [-0.05, 0) is 55.3 Å². The minimum Gasteiger partial charge on any atom is -0.497 e. The monoisotopic (exact) mass is 524 g/mol. The summed E-state index contributed by atoms with van der Waals surface area (Å²) in [6, 6.07) is 16.0. The minimum absolute atomic E-state index is 0.198. The molecule has 6 nitrogen and oxygen atoms in total. The van der Waals surface area contributed by atoms with Crippen LogP contribution >= 0.6 is 0 Å². The number of allylic oxidation sites excluding steroid dienone is 1. The van der Waals surface area contributed by atoms with Crippen LogP contribution in [-0.4, -0.2) is 36.6 Å². The maximum Gasteiger partial charge on any atom is 0.390 e. The number of aryl methyl sites for hydroxylation is 1. The Hall–Kier alpha value is -4.14. The van der Waals surface area contributed by atoms with Gasteiger partial charge in [0.05, 0.1) is 30.5 Å². The molecule has 38 heavy (non-hydrogen) atoms. The van der Waals surface area contributed by atoms with Gasteiger partial charge in [-0.2, -0.15) is 13.2 Å². The number of benzene rings is 2. The lowest BCUT2D eigenvalue weighted by Gasteiger charge is -2.17. The van der Waals surface area contributed by atoms with Crippen LogP contribution in [0.15, 0.2) is 78.1 Å². The first kappa shape index (κ1) is 28.4. The fourth-order valence-electron chi connectivity index (χ4n) is 3.61. The number of amides is 1. The van der Waals surface area contributed by atoms with E-state index in [1.807, 2.05) is 43.3 Å². The zero-order valence-corrected chi connectivity index (χ0v) is 21.6. The molecule has 0 saturated carbocycles. The predicted molar refractivity (Wildman–Crippen MR) is 144 cm³/mol. The van der Waals surface area contributed by atoms with Crippen molar-refractivity contribution >= 4 is 23.1 Å². The summed E-state index contributed by atoms with van der Waals surface area (Å²) in [6.45, 7) is 3.48. The number of aromatic nitrogens is 1. The molecule has 0 aliphatic rings. The quantitative estimate of drug-likeness (QED) is 0.226. The molecule has 3 aromatic rings. The number of carbonyl (C=O) groups is 1. The van der Waals surface area contributed by atoms with E-state index in [0.29, 0.717) is 23.0 Å². The molecule has 1 heterocycles. The highest BCUT2D eigenvalue weighted by Crippen LogP contribution is 2.25. The molecular weight excluding hydrogens is 493 g/mol. The number of aliphatic imine (C=N–C) groups is 1. The molecule has 0 bridgehead atoms. The molecule has 1 aromatic heterocycles. The van der Waals surface area contributed by atoms with Crippen LogP contribution in [0.25, 0.3) is 5.70 Å². The number of anilines is 1. The van der Waals surface area contributed by atoms with Gasteiger partial charge in [-0.25, -0.2) is 4.99 Å². The van der Waals surface area contributed by atoms with Crippen LogP contribution in [0.5, 0.6) is 5.75 Å². The molecule has 1 amide bonds. The molecule has 2 N–H and O–H groups in total. The number of hydrogen-bond donors (Lipinski definition) is 2. The van der Waals surface area contributed by atoms with E-state index in [1.54, 1.807) is 43.8 Å². The van der Waals surface area contributed by atoms with Crippen molar-refractivity contribution in [3.63, 3.8) is 0 Å². The van der Waals surface area contributed by atoms with E-state index in [0.717, 1.165) is 29.5 Å². The molecule has 0 radical (unpaired) electrons. The molecule has 0 aliphatic carbocycles. The number of amidine groups is 1. The van der Waals surface area contributed by atoms with Gasteiger partial charge in [0.15, 0.2) is 0 Å². The van der Waals surface area contributed by atoms with E-state index in [4.69, 9.17) is 9.73 Å². The van der Waals surface area contributed by atoms with Gasteiger partial charge in [0.2, 0.25) is 0 Å². The maximum atomic E-state index is 12.8. The topological polar surface area (TPSA) is 75.6 Å². The average Bonchev–Trinajstić information content (AvgIpc) is 2.90. The van der Waals surface area contributed by atoms with Gasteiger partial charge in [0.25, 0.3) is 5.91 Å². The zero-order valence-electron chi connectivity index (χ0n) is 21.6. The number of nitrogens with zero attached hydrogens (tertiary/aromatic N) is 2. The second-order valence-electron chi connectivity index (χ2n) is 8.55. The summed E-state index contributed by atoms with van der Waals surface area (Å²) in [5.41, 5.74) is 3.76. The number of para-hydroxylation sites is 1. The van der Waals surface area contributed by atoms with E-state index < -0.39 is 25.0 Å². The number of unbranched alkanes of at least 4 members (excludes halogenated alkanes) is 1. The first-order valence-corrected chi connectivity index (χ1v) is 12.3. The van der Waals surface area contributed by atoms with Crippen molar-refractivity contribution in [2.24, 2.45) is 4.99 Å². The van der Waals surface area contributed by atoms with E-state index in [9.17, 15) is 18.0 Å². The summed E-state index contributed by atoms with van der Waals surface area (Å²) in [6.07, 6.45) is 1.66. The normalized spacial score (nSPS) is 12.3. The van der Waals surface area contributed by atoms with Gasteiger partial charge in [-0.3, -0.25) is 9.78 Å². The molecule has 200 valence electrons. The number of pyridine rings is 1. The molecule has 0 unspecified atom stereocenters. The number of ether oxygens (including phenoxy) is 1. The Morgan fingerprint density at radius 2 is 1.89 bits per heavy atom. The molecule has 0 atom stereocenters. The number of carbonyl (C=O) groups excluding carboxylic acids is 1. The summed E-state index contributed by atoms with van der Waals surface area (Å²) in [4.78, 5) is 22.0. The highest BCUT2D eigenvalue weighted by molar-refractivity contribution is 6.14. The molecule has 0 saturated heterocycles. The van der Waals surface area contributed by atoms with Gasteiger partial charge in [0, 0.05) is 30.1 Å². The summed E-state index contributed by atoms with van der Waals surface area (Å²) in [5, 5.41) is 5.63. The smallest absolute Gasteiger partial charge is 0.390 e. The van der Waals surface area contributed by atoms with Crippen molar-refractivity contribution in [1.82, 2.24) is 10.3 Å². The van der Waals surface area contributed by atoms with Crippen molar-refractivity contribution in [2.75, 3.05) is 19.0 Å².